The molecule has 3 aliphatic rings. The summed E-state index contributed by atoms with van der Waals surface area (Å²) in [6.07, 6.45) is 14.2. The monoisotopic (exact) mass is 424 g/mol. The highest BCUT2D eigenvalue weighted by Gasteiger charge is 2.45. The van der Waals surface area contributed by atoms with Gasteiger partial charge >= 0.3 is 0 Å². The molecule has 180 valence electrons. The summed E-state index contributed by atoms with van der Waals surface area (Å²) in [7, 11) is 2.26. The van der Waals surface area contributed by atoms with E-state index >= 15 is 0 Å². The molecule has 2 atom stereocenters. The Morgan fingerprint density at radius 2 is 1.57 bits per heavy atom. The van der Waals surface area contributed by atoms with E-state index in [1.165, 1.54) is 90.5 Å². The van der Waals surface area contributed by atoms with Gasteiger partial charge in [-0.05, 0) is 109 Å². The van der Waals surface area contributed by atoms with Crippen molar-refractivity contribution in [2.24, 2.45) is 17.3 Å². The van der Waals surface area contributed by atoms with Gasteiger partial charge < -0.3 is 14.5 Å². The summed E-state index contributed by atoms with van der Waals surface area (Å²) >= 11 is 0. The maximum Gasteiger partial charge on any atom is 0.0544 e. The molecule has 2 unspecified atom stereocenters. The summed E-state index contributed by atoms with van der Waals surface area (Å²) in [5.74, 6) is 2.00. The third-order valence-electron chi connectivity index (χ3n) is 8.05. The van der Waals surface area contributed by atoms with E-state index in [0.717, 1.165) is 30.3 Å². The Hall–Kier alpha value is -0.120. The fraction of sp³-hybridized carbons (Fsp3) is 1.00. The minimum Gasteiger partial charge on any atom is -0.379 e. The van der Waals surface area contributed by atoms with E-state index in [0.29, 0.717) is 6.10 Å². The lowest BCUT2D eigenvalue weighted by Gasteiger charge is -2.53. The van der Waals surface area contributed by atoms with E-state index in [-0.39, 0.29) is 0 Å². The van der Waals surface area contributed by atoms with Crippen LogP contribution in [0.4, 0.5) is 0 Å². The maximum atomic E-state index is 5.49. The van der Waals surface area contributed by atoms with Crippen LogP contribution >= 0.6 is 0 Å². The molecule has 3 fully saturated rings. The Morgan fingerprint density at radius 1 is 0.933 bits per heavy atom. The van der Waals surface area contributed by atoms with Gasteiger partial charge in [0.1, 0.15) is 0 Å². The Morgan fingerprint density at radius 3 is 2.03 bits per heavy atom. The molecule has 0 N–H and O–H groups in total. The standard InChI is InChI=1S/C16H30N2.C9H20O.C2H6/c1-14-3-6-16(14)7-11-18(12-8-16)13-15-4-9-17(2)10-5-15;1-4-6-7-8-10-9(3)5-2;1-2/h14-15H,3-13H2,1-2H3;9H,4-8H2,1-3H3;1-2H3. The number of hydrogen-bond acceptors (Lipinski definition) is 3. The van der Waals surface area contributed by atoms with Crippen molar-refractivity contribution < 1.29 is 4.74 Å². The van der Waals surface area contributed by atoms with Crippen molar-refractivity contribution in [3.63, 3.8) is 0 Å². The van der Waals surface area contributed by atoms with Crippen molar-refractivity contribution in [1.29, 1.82) is 0 Å². The third-order valence-corrected chi connectivity index (χ3v) is 8.05. The van der Waals surface area contributed by atoms with E-state index < -0.39 is 0 Å². The SMILES string of the molecule is CC.CC1CCC12CCN(CC1CCN(C)CC1)CC2.CCCCCOC(C)CC. The molecular formula is C27H56N2O. The summed E-state index contributed by atoms with van der Waals surface area (Å²) in [5.41, 5.74) is 0.781. The first-order chi connectivity index (χ1) is 14.5. The molecule has 0 bridgehead atoms. The largest absolute Gasteiger partial charge is 0.379 e. The summed E-state index contributed by atoms with van der Waals surface area (Å²) in [5, 5.41) is 0. The van der Waals surface area contributed by atoms with Crippen molar-refractivity contribution in [2.45, 2.75) is 112 Å². The zero-order valence-electron chi connectivity index (χ0n) is 21.8. The molecule has 3 nitrogen and oxygen atoms in total. The van der Waals surface area contributed by atoms with Gasteiger partial charge in [-0.3, -0.25) is 0 Å². The molecule has 0 radical (unpaired) electrons. The fourth-order valence-electron chi connectivity index (χ4n) is 5.13. The minimum absolute atomic E-state index is 0.455. The molecule has 2 aliphatic heterocycles. The molecule has 3 rings (SSSR count). The molecule has 0 aromatic carbocycles. The van der Waals surface area contributed by atoms with Gasteiger partial charge in [0.25, 0.3) is 0 Å². The van der Waals surface area contributed by atoms with Gasteiger partial charge in [0.05, 0.1) is 6.10 Å². The van der Waals surface area contributed by atoms with Crippen LogP contribution in [0, 0.1) is 17.3 Å². The fourth-order valence-corrected chi connectivity index (χ4v) is 5.13. The number of ether oxygens (including phenoxy) is 1. The molecule has 2 saturated heterocycles. The highest BCUT2D eigenvalue weighted by molar-refractivity contribution is 4.97. The molecule has 0 aromatic rings. The molecule has 1 spiro atoms. The lowest BCUT2D eigenvalue weighted by molar-refractivity contribution is -0.0290. The zero-order valence-corrected chi connectivity index (χ0v) is 21.8. The molecule has 0 amide bonds. The van der Waals surface area contributed by atoms with Crippen LogP contribution in [-0.4, -0.2) is 62.3 Å². The average Bonchev–Trinajstić information content (AvgIpc) is 2.79. The van der Waals surface area contributed by atoms with E-state index in [4.69, 9.17) is 4.74 Å². The van der Waals surface area contributed by atoms with Crippen LogP contribution in [-0.2, 0) is 4.74 Å². The van der Waals surface area contributed by atoms with Crippen molar-refractivity contribution in [1.82, 2.24) is 9.80 Å². The normalized spacial score (nSPS) is 25.5. The molecule has 2 heterocycles. The van der Waals surface area contributed by atoms with E-state index in [2.05, 4.69) is 44.5 Å². The predicted molar refractivity (Wildman–Crippen MR) is 133 cm³/mol. The lowest BCUT2D eigenvalue weighted by Crippen LogP contribution is -2.49. The second-order valence-electron chi connectivity index (χ2n) is 10.1. The maximum absolute atomic E-state index is 5.49. The number of piperidine rings is 2. The highest BCUT2D eigenvalue weighted by atomic mass is 16.5. The Kier molecular flexibility index (Phi) is 14.6. The van der Waals surface area contributed by atoms with Crippen LogP contribution in [0.1, 0.15) is 106 Å². The smallest absolute Gasteiger partial charge is 0.0544 e. The van der Waals surface area contributed by atoms with Gasteiger partial charge in [-0.2, -0.15) is 0 Å². The summed E-state index contributed by atoms with van der Waals surface area (Å²) in [6.45, 7) is 20.7. The van der Waals surface area contributed by atoms with E-state index in [1.807, 2.05) is 13.8 Å². The first-order valence-electron chi connectivity index (χ1n) is 13.5. The third kappa shape index (κ3) is 9.57. The summed E-state index contributed by atoms with van der Waals surface area (Å²) < 4.78 is 5.49. The predicted octanol–water partition coefficient (Wildman–Crippen LogP) is 6.86. The summed E-state index contributed by atoms with van der Waals surface area (Å²) in [6, 6.07) is 0. The molecular weight excluding hydrogens is 368 g/mol. The summed E-state index contributed by atoms with van der Waals surface area (Å²) in [4.78, 5) is 5.25. The van der Waals surface area contributed by atoms with Gasteiger partial charge in [0.15, 0.2) is 0 Å². The van der Waals surface area contributed by atoms with Crippen LogP contribution in [0.2, 0.25) is 0 Å². The Balaban J connectivity index is 0.000000323. The minimum atomic E-state index is 0.455. The highest BCUT2D eigenvalue weighted by Crippen LogP contribution is 2.53. The van der Waals surface area contributed by atoms with Gasteiger partial charge in [-0.15, -0.1) is 0 Å². The Bertz CT molecular complexity index is 398. The van der Waals surface area contributed by atoms with Crippen LogP contribution in [0.5, 0.6) is 0 Å². The number of hydrogen-bond donors (Lipinski definition) is 0. The first-order valence-corrected chi connectivity index (χ1v) is 13.5. The first kappa shape index (κ1) is 27.9. The number of rotatable bonds is 8. The van der Waals surface area contributed by atoms with Crippen molar-refractivity contribution in [3.8, 4) is 0 Å². The number of unbranched alkanes of at least 4 members (excludes halogenated alkanes) is 2. The zero-order chi connectivity index (χ0) is 22.4. The number of nitrogens with zero attached hydrogens (tertiary/aromatic N) is 2. The molecule has 1 saturated carbocycles. The van der Waals surface area contributed by atoms with Crippen molar-refractivity contribution in [2.75, 3.05) is 46.4 Å². The lowest BCUT2D eigenvalue weighted by atomic mass is 9.56. The molecule has 1 aliphatic carbocycles. The van der Waals surface area contributed by atoms with Crippen LogP contribution < -0.4 is 0 Å². The van der Waals surface area contributed by atoms with E-state index in [9.17, 15) is 0 Å². The van der Waals surface area contributed by atoms with Gasteiger partial charge in [0, 0.05) is 13.2 Å². The number of likely N-dealkylation sites (tertiary alicyclic amines) is 2. The second-order valence-corrected chi connectivity index (χ2v) is 10.1. The molecule has 3 heteroatoms. The molecule has 30 heavy (non-hydrogen) atoms. The van der Waals surface area contributed by atoms with Gasteiger partial charge in [-0.1, -0.05) is 47.5 Å². The average molecular weight is 425 g/mol. The van der Waals surface area contributed by atoms with E-state index in [1.54, 1.807) is 0 Å². The van der Waals surface area contributed by atoms with Crippen molar-refractivity contribution in [3.05, 3.63) is 0 Å². The van der Waals surface area contributed by atoms with Crippen LogP contribution in [0.3, 0.4) is 0 Å². The quantitative estimate of drug-likeness (QED) is 0.396. The second kappa shape index (κ2) is 15.6. The van der Waals surface area contributed by atoms with Crippen molar-refractivity contribution >= 4 is 0 Å². The topological polar surface area (TPSA) is 15.7 Å². The van der Waals surface area contributed by atoms with Gasteiger partial charge in [-0.25, -0.2) is 0 Å². The van der Waals surface area contributed by atoms with Crippen LogP contribution in [0.15, 0.2) is 0 Å². The van der Waals surface area contributed by atoms with Gasteiger partial charge in [0.2, 0.25) is 0 Å². The Labute approximate surface area is 190 Å². The molecule has 0 aromatic heterocycles. The van der Waals surface area contributed by atoms with Crippen LogP contribution in [0.25, 0.3) is 0 Å².